The van der Waals surface area contributed by atoms with Gasteiger partial charge in [0.25, 0.3) is 0 Å². The van der Waals surface area contributed by atoms with Crippen LogP contribution >= 0.6 is 0 Å². The maximum atomic E-state index is 12.0. The van der Waals surface area contributed by atoms with Crippen LogP contribution in [-0.4, -0.2) is 11.8 Å². The van der Waals surface area contributed by atoms with E-state index >= 15 is 0 Å². The summed E-state index contributed by atoms with van der Waals surface area (Å²) in [6, 6.07) is 0. The first-order valence-electron chi connectivity index (χ1n) is 6.84. The first-order chi connectivity index (χ1) is 8.27. The third-order valence-corrected chi connectivity index (χ3v) is 5.34. The van der Waals surface area contributed by atoms with Gasteiger partial charge < -0.3 is 0 Å². The molecule has 1 N–H and O–H groups in total. The summed E-state index contributed by atoms with van der Waals surface area (Å²) in [7, 11) is 0. The number of hydrogen-bond donors (Lipinski definition) is 1. The van der Waals surface area contributed by atoms with Crippen molar-refractivity contribution >= 4 is 11.8 Å². The first-order valence-corrected chi connectivity index (χ1v) is 6.84. The Hall–Kier alpha value is -1.12. The van der Waals surface area contributed by atoms with Crippen LogP contribution in [0.3, 0.4) is 0 Å². The van der Waals surface area contributed by atoms with E-state index in [0.717, 1.165) is 12.8 Å². The van der Waals surface area contributed by atoms with Crippen LogP contribution in [0.2, 0.25) is 0 Å². The number of rotatable bonds is 0. The summed E-state index contributed by atoms with van der Waals surface area (Å²) in [5.74, 6) is 0.774. The predicted molar refractivity (Wildman–Crippen MR) is 61.8 cm³/mol. The normalized spacial score (nSPS) is 43.5. The van der Waals surface area contributed by atoms with Crippen LogP contribution in [0.1, 0.15) is 38.5 Å². The molecule has 0 aromatic rings. The maximum absolute atomic E-state index is 12.0. The van der Waals surface area contributed by atoms with Crippen LogP contribution in [0.15, 0.2) is 11.1 Å². The monoisotopic (exact) mass is 231 g/mol. The molecular formula is C14H17NO2. The SMILES string of the molecule is O=C1NC(=O)[C@H]2[C@@H]1[C@H]1CCCC1=C1CCC[C@H]12. The topological polar surface area (TPSA) is 46.2 Å². The second-order valence-corrected chi connectivity index (χ2v) is 5.95. The zero-order chi connectivity index (χ0) is 11.6. The molecule has 1 saturated heterocycles. The fraction of sp³-hybridized carbons (Fsp3) is 0.714. The van der Waals surface area contributed by atoms with E-state index in [-0.39, 0.29) is 23.7 Å². The molecule has 1 heterocycles. The molecule has 17 heavy (non-hydrogen) atoms. The fourth-order valence-corrected chi connectivity index (χ4v) is 4.81. The van der Waals surface area contributed by atoms with Crippen molar-refractivity contribution in [1.82, 2.24) is 5.32 Å². The minimum Gasteiger partial charge on any atom is -0.296 e. The third kappa shape index (κ3) is 1.12. The van der Waals surface area contributed by atoms with Gasteiger partial charge in [-0.1, -0.05) is 11.1 Å². The number of hydrogen-bond acceptors (Lipinski definition) is 2. The Kier molecular flexibility index (Phi) is 1.86. The fourth-order valence-electron chi connectivity index (χ4n) is 4.81. The average Bonchev–Trinajstić information content (AvgIpc) is 2.96. The van der Waals surface area contributed by atoms with Gasteiger partial charge in [0.2, 0.25) is 11.8 Å². The molecule has 3 fully saturated rings. The highest BCUT2D eigenvalue weighted by atomic mass is 16.2. The average molecular weight is 231 g/mol. The van der Waals surface area contributed by atoms with E-state index in [1.54, 1.807) is 11.1 Å². The van der Waals surface area contributed by atoms with Gasteiger partial charge in [-0.2, -0.15) is 0 Å². The van der Waals surface area contributed by atoms with Crippen LogP contribution in [0, 0.1) is 23.7 Å². The Balaban J connectivity index is 1.87. The van der Waals surface area contributed by atoms with Crippen LogP contribution in [0.4, 0.5) is 0 Å². The molecule has 4 aliphatic rings. The van der Waals surface area contributed by atoms with Gasteiger partial charge in [0.1, 0.15) is 0 Å². The van der Waals surface area contributed by atoms with Crippen molar-refractivity contribution in [3.05, 3.63) is 11.1 Å². The van der Waals surface area contributed by atoms with E-state index in [2.05, 4.69) is 5.32 Å². The molecular weight excluding hydrogens is 214 g/mol. The summed E-state index contributed by atoms with van der Waals surface area (Å²) in [6.45, 7) is 0. The lowest BCUT2D eigenvalue weighted by Crippen LogP contribution is -2.35. The highest BCUT2D eigenvalue weighted by Crippen LogP contribution is 2.56. The lowest BCUT2D eigenvalue weighted by molar-refractivity contribution is -0.126. The molecule has 2 amide bonds. The lowest BCUT2D eigenvalue weighted by atomic mass is 9.66. The summed E-state index contributed by atoms with van der Waals surface area (Å²) in [4.78, 5) is 24.0. The van der Waals surface area contributed by atoms with Gasteiger partial charge in [-0.25, -0.2) is 0 Å². The molecule has 3 heteroatoms. The molecule has 0 radical (unpaired) electrons. The second-order valence-electron chi connectivity index (χ2n) is 5.95. The summed E-state index contributed by atoms with van der Waals surface area (Å²) in [5.41, 5.74) is 3.14. The van der Waals surface area contributed by atoms with E-state index in [1.807, 2.05) is 0 Å². The zero-order valence-electron chi connectivity index (χ0n) is 9.87. The van der Waals surface area contributed by atoms with Crippen LogP contribution < -0.4 is 5.32 Å². The van der Waals surface area contributed by atoms with Gasteiger partial charge in [0.15, 0.2) is 0 Å². The predicted octanol–water partition coefficient (Wildman–Crippen LogP) is 1.79. The van der Waals surface area contributed by atoms with E-state index < -0.39 is 0 Å². The molecule has 4 rings (SSSR count). The Morgan fingerprint density at radius 1 is 0.824 bits per heavy atom. The molecule has 0 aromatic carbocycles. The van der Waals surface area contributed by atoms with Crippen molar-refractivity contribution in [3.8, 4) is 0 Å². The smallest absolute Gasteiger partial charge is 0.231 e. The van der Waals surface area contributed by atoms with Gasteiger partial charge >= 0.3 is 0 Å². The van der Waals surface area contributed by atoms with Gasteiger partial charge in [-0.3, -0.25) is 14.9 Å². The van der Waals surface area contributed by atoms with Crippen molar-refractivity contribution < 1.29 is 9.59 Å². The van der Waals surface area contributed by atoms with Gasteiger partial charge in [-0.15, -0.1) is 0 Å². The molecule has 90 valence electrons. The molecule has 0 aromatic heterocycles. The minimum atomic E-state index is -0.0214. The summed E-state index contributed by atoms with van der Waals surface area (Å²) in [6.07, 6.45) is 7.02. The Morgan fingerprint density at radius 3 is 1.76 bits per heavy atom. The molecule has 3 aliphatic carbocycles. The third-order valence-electron chi connectivity index (χ3n) is 5.34. The standard InChI is InChI=1S/C14H17NO2/c16-13-11-9-5-1-3-7(9)8-4-2-6-10(8)12(11)14(17)15-13/h9-12H,1-6H2,(H,15,16,17)/t9-,10+,11-,12+. The van der Waals surface area contributed by atoms with Gasteiger partial charge in [0, 0.05) is 0 Å². The van der Waals surface area contributed by atoms with Gasteiger partial charge in [-0.05, 0) is 50.4 Å². The number of nitrogens with one attached hydrogen (secondary N) is 1. The summed E-state index contributed by atoms with van der Waals surface area (Å²) in [5, 5.41) is 2.58. The Labute approximate surface area is 101 Å². The maximum Gasteiger partial charge on any atom is 0.231 e. The van der Waals surface area contributed by atoms with Gasteiger partial charge in [0.05, 0.1) is 11.8 Å². The number of fused-ring (bicyclic) bond motifs is 5. The number of amides is 2. The van der Waals surface area contributed by atoms with Crippen molar-refractivity contribution in [2.75, 3.05) is 0 Å². The molecule has 0 spiro atoms. The van der Waals surface area contributed by atoms with E-state index in [0.29, 0.717) is 11.8 Å². The number of imide groups is 1. The quantitative estimate of drug-likeness (QED) is 0.510. The van der Waals surface area contributed by atoms with E-state index in [4.69, 9.17) is 0 Å². The van der Waals surface area contributed by atoms with Crippen molar-refractivity contribution in [3.63, 3.8) is 0 Å². The molecule has 0 unspecified atom stereocenters. The Morgan fingerprint density at radius 2 is 1.29 bits per heavy atom. The van der Waals surface area contributed by atoms with E-state index in [1.165, 1.54) is 25.7 Å². The molecule has 4 atom stereocenters. The van der Waals surface area contributed by atoms with Crippen LogP contribution in [-0.2, 0) is 9.59 Å². The number of carbonyl (C=O) groups is 2. The highest BCUT2D eigenvalue weighted by Gasteiger charge is 2.55. The van der Waals surface area contributed by atoms with Crippen molar-refractivity contribution in [2.24, 2.45) is 23.7 Å². The minimum absolute atomic E-state index is 0.00958. The molecule has 1 aliphatic heterocycles. The number of allylic oxidation sites excluding steroid dienone is 2. The van der Waals surface area contributed by atoms with Crippen molar-refractivity contribution in [1.29, 1.82) is 0 Å². The first kappa shape index (κ1) is 9.86. The summed E-state index contributed by atoms with van der Waals surface area (Å²) >= 11 is 0. The molecule has 0 bridgehead atoms. The second kappa shape index (κ2) is 3.21. The molecule has 3 nitrogen and oxygen atoms in total. The van der Waals surface area contributed by atoms with E-state index in [9.17, 15) is 9.59 Å². The molecule has 2 saturated carbocycles. The Bertz CT molecular complexity index is 411. The number of carbonyl (C=O) groups excluding carboxylic acids is 2. The van der Waals surface area contributed by atoms with Crippen LogP contribution in [0.25, 0.3) is 0 Å². The lowest BCUT2D eigenvalue weighted by Gasteiger charge is -2.35. The summed E-state index contributed by atoms with van der Waals surface area (Å²) < 4.78 is 0. The zero-order valence-corrected chi connectivity index (χ0v) is 9.87. The highest BCUT2D eigenvalue weighted by molar-refractivity contribution is 6.06. The van der Waals surface area contributed by atoms with Crippen LogP contribution in [0.5, 0.6) is 0 Å². The van der Waals surface area contributed by atoms with Crippen molar-refractivity contribution in [2.45, 2.75) is 38.5 Å². The largest absolute Gasteiger partial charge is 0.296 e.